The van der Waals surface area contributed by atoms with Crippen LogP contribution >= 0.6 is 0 Å². The van der Waals surface area contributed by atoms with Crippen molar-refractivity contribution in [2.45, 2.75) is 19.0 Å². The molecule has 0 amide bonds. The summed E-state index contributed by atoms with van der Waals surface area (Å²) in [5, 5.41) is 21.9. The molecular formula is C11H13NO4. The zero-order chi connectivity index (χ0) is 11.7. The monoisotopic (exact) mass is 223 g/mol. The lowest BCUT2D eigenvalue weighted by Gasteiger charge is -2.24. The summed E-state index contributed by atoms with van der Waals surface area (Å²) < 4.78 is 4.65. The first kappa shape index (κ1) is 10.8. The summed E-state index contributed by atoms with van der Waals surface area (Å²) in [6, 6.07) is 2.75. The minimum absolute atomic E-state index is 0.117. The third-order valence-corrected chi connectivity index (χ3v) is 2.79. The molecule has 1 aliphatic heterocycles. The van der Waals surface area contributed by atoms with Gasteiger partial charge in [0.1, 0.15) is 6.04 Å². The van der Waals surface area contributed by atoms with Crippen LogP contribution in [0.1, 0.15) is 11.1 Å². The smallest absolute Gasteiger partial charge is 0.323 e. The van der Waals surface area contributed by atoms with Gasteiger partial charge in [-0.05, 0) is 18.1 Å². The van der Waals surface area contributed by atoms with Gasteiger partial charge in [0.25, 0.3) is 0 Å². The van der Waals surface area contributed by atoms with Crippen LogP contribution in [0.2, 0.25) is 0 Å². The molecule has 0 spiro atoms. The van der Waals surface area contributed by atoms with Gasteiger partial charge in [-0.1, -0.05) is 6.07 Å². The van der Waals surface area contributed by atoms with Crippen molar-refractivity contribution in [1.82, 2.24) is 5.32 Å². The number of rotatable bonds is 1. The number of hydrogen-bond donors (Lipinski definition) is 3. The number of methoxy groups -OCH3 is 1. The molecule has 0 fully saturated rings. The Labute approximate surface area is 92.7 Å². The maximum Gasteiger partial charge on any atom is 0.323 e. The summed E-state index contributed by atoms with van der Waals surface area (Å²) in [4.78, 5) is 11.3. The van der Waals surface area contributed by atoms with Gasteiger partial charge in [-0.3, -0.25) is 10.1 Å². The van der Waals surface area contributed by atoms with Gasteiger partial charge in [-0.25, -0.2) is 0 Å². The minimum Gasteiger partial charge on any atom is -0.504 e. The Kier molecular flexibility index (Phi) is 2.70. The average molecular weight is 223 g/mol. The summed E-state index contributed by atoms with van der Waals surface area (Å²) >= 11 is 0. The summed E-state index contributed by atoms with van der Waals surface area (Å²) in [6.07, 6.45) is 0.454. The predicted molar refractivity (Wildman–Crippen MR) is 56.1 cm³/mol. The van der Waals surface area contributed by atoms with Gasteiger partial charge in [0.15, 0.2) is 11.5 Å². The second-order valence-electron chi connectivity index (χ2n) is 3.73. The van der Waals surface area contributed by atoms with Gasteiger partial charge in [0.05, 0.1) is 7.11 Å². The molecule has 0 unspecified atom stereocenters. The summed E-state index contributed by atoms with van der Waals surface area (Å²) in [6.45, 7) is 0.343. The van der Waals surface area contributed by atoms with Crippen LogP contribution < -0.4 is 5.32 Å². The Morgan fingerprint density at radius 1 is 1.50 bits per heavy atom. The highest BCUT2D eigenvalue weighted by Crippen LogP contribution is 2.33. The van der Waals surface area contributed by atoms with E-state index in [9.17, 15) is 15.0 Å². The molecule has 16 heavy (non-hydrogen) atoms. The molecule has 0 aliphatic carbocycles. The van der Waals surface area contributed by atoms with Crippen LogP contribution in [0.15, 0.2) is 12.1 Å². The highest BCUT2D eigenvalue weighted by molar-refractivity contribution is 5.76. The number of carbonyl (C=O) groups is 1. The largest absolute Gasteiger partial charge is 0.504 e. The SMILES string of the molecule is COC(=O)[C@H]1Cc2ccc(O)c(O)c2CN1. The standard InChI is InChI=1S/C11H13NO4/c1-16-11(15)8-4-6-2-3-9(13)10(14)7(6)5-12-8/h2-3,8,12-14H,4-5H2,1H3/t8-/m1/s1. The van der Waals surface area contributed by atoms with E-state index in [2.05, 4.69) is 10.1 Å². The number of phenols is 2. The van der Waals surface area contributed by atoms with E-state index in [0.717, 1.165) is 5.56 Å². The van der Waals surface area contributed by atoms with Crippen LogP contribution in [-0.4, -0.2) is 29.3 Å². The molecule has 2 rings (SSSR count). The predicted octanol–water partition coefficient (Wildman–Crippen LogP) is 0.285. The van der Waals surface area contributed by atoms with Crippen molar-refractivity contribution in [3.63, 3.8) is 0 Å². The molecule has 0 radical (unpaired) electrons. The number of ether oxygens (including phenoxy) is 1. The zero-order valence-corrected chi connectivity index (χ0v) is 8.86. The molecule has 1 atom stereocenters. The van der Waals surface area contributed by atoms with E-state index in [-0.39, 0.29) is 23.5 Å². The minimum atomic E-state index is -0.388. The first-order chi connectivity index (χ1) is 7.63. The number of aromatic hydroxyl groups is 2. The highest BCUT2D eigenvalue weighted by Gasteiger charge is 2.26. The number of fused-ring (bicyclic) bond motifs is 1. The molecule has 5 nitrogen and oxygen atoms in total. The fourth-order valence-electron chi connectivity index (χ4n) is 1.88. The number of esters is 1. The lowest BCUT2D eigenvalue weighted by molar-refractivity contribution is -0.143. The quantitative estimate of drug-likeness (QED) is 0.471. The normalized spacial score (nSPS) is 18.9. The van der Waals surface area contributed by atoms with Gasteiger partial charge < -0.3 is 14.9 Å². The first-order valence-corrected chi connectivity index (χ1v) is 4.97. The van der Waals surface area contributed by atoms with Crippen molar-refractivity contribution in [3.8, 4) is 11.5 Å². The van der Waals surface area contributed by atoms with Crippen LogP contribution in [-0.2, 0) is 22.5 Å². The molecule has 86 valence electrons. The molecule has 3 N–H and O–H groups in total. The van der Waals surface area contributed by atoms with E-state index < -0.39 is 0 Å². The molecule has 5 heteroatoms. The van der Waals surface area contributed by atoms with Crippen LogP contribution in [0.4, 0.5) is 0 Å². The van der Waals surface area contributed by atoms with Crippen molar-refractivity contribution in [2.75, 3.05) is 7.11 Å². The van der Waals surface area contributed by atoms with Crippen molar-refractivity contribution in [1.29, 1.82) is 0 Å². The van der Waals surface area contributed by atoms with E-state index in [1.54, 1.807) is 6.07 Å². The van der Waals surface area contributed by atoms with Crippen LogP contribution in [0.5, 0.6) is 11.5 Å². The van der Waals surface area contributed by atoms with E-state index in [0.29, 0.717) is 18.5 Å². The fraction of sp³-hybridized carbons (Fsp3) is 0.364. The van der Waals surface area contributed by atoms with E-state index in [1.165, 1.54) is 13.2 Å². The Morgan fingerprint density at radius 2 is 2.25 bits per heavy atom. The third-order valence-electron chi connectivity index (χ3n) is 2.79. The van der Waals surface area contributed by atoms with Crippen molar-refractivity contribution >= 4 is 5.97 Å². The number of nitrogens with one attached hydrogen (secondary N) is 1. The van der Waals surface area contributed by atoms with Gasteiger partial charge >= 0.3 is 5.97 Å². The Balaban J connectivity index is 2.29. The molecule has 1 heterocycles. The van der Waals surface area contributed by atoms with Gasteiger partial charge in [-0.15, -0.1) is 0 Å². The molecule has 0 saturated carbocycles. The van der Waals surface area contributed by atoms with Crippen LogP contribution in [0, 0.1) is 0 Å². The number of phenolic OH excluding ortho intramolecular Hbond substituents is 2. The Morgan fingerprint density at radius 3 is 2.94 bits per heavy atom. The highest BCUT2D eigenvalue weighted by atomic mass is 16.5. The fourth-order valence-corrected chi connectivity index (χ4v) is 1.88. The molecule has 0 bridgehead atoms. The topological polar surface area (TPSA) is 78.8 Å². The third kappa shape index (κ3) is 1.69. The second-order valence-corrected chi connectivity index (χ2v) is 3.73. The second kappa shape index (κ2) is 4.02. The molecule has 1 aliphatic rings. The van der Waals surface area contributed by atoms with E-state index >= 15 is 0 Å². The van der Waals surface area contributed by atoms with Gasteiger partial charge in [0.2, 0.25) is 0 Å². The molecule has 0 aromatic heterocycles. The average Bonchev–Trinajstić information content (AvgIpc) is 2.32. The van der Waals surface area contributed by atoms with Gasteiger partial charge in [-0.2, -0.15) is 0 Å². The number of hydrogen-bond acceptors (Lipinski definition) is 5. The zero-order valence-electron chi connectivity index (χ0n) is 8.86. The van der Waals surface area contributed by atoms with Crippen molar-refractivity contribution < 1.29 is 19.7 Å². The molecular weight excluding hydrogens is 210 g/mol. The number of carbonyl (C=O) groups excluding carboxylic acids is 1. The summed E-state index contributed by atoms with van der Waals surface area (Å²) in [5.41, 5.74) is 1.49. The summed E-state index contributed by atoms with van der Waals surface area (Å²) in [7, 11) is 1.34. The van der Waals surface area contributed by atoms with Crippen molar-refractivity contribution in [3.05, 3.63) is 23.3 Å². The first-order valence-electron chi connectivity index (χ1n) is 4.97. The van der Waals surface area contributed by atoms with Gasteiger partial charge in [0, 0.05) is 12.1 Å². The van der Waals surface area contributed by atoms with Crippen molar-refractivity contribution in [2.24, 2.45) is 0 Å². The molecule has 1 aromatic rings. The van der Waals surface area contributed by atoms with Crippen LogP contribution in [0.3, 0.4) is 0 Å². The molecule has 0 saturated heterocycles. The lowest BCUT2D eigenvalue weighted by atomic mass is 9.95. The maximum absolute atomic E-state index is 11.3. The van der Waals surface area contributed by atoms with E-state index in [1.807, 2.05) is 0 Å². The summed E-state index contributed by atoms with van der Waals surface area (Å²) in [5.74, 6) is -0.580. The molecule has 1 aromatic carbocycles. The van der Waals surface area contributed by atoms with Crippen LogP contribution in [0.25, 0.3) is 0 Å². The Hall–Kier alpha value is -1.75. The maximum atomic E-state index is 11.3. The lowest BCUT2D eigenvalue weighted by Crippen LogP contribution is -2.42. The number of benzene rings is 1. The Bertz CT molecular complexity index is 430. The van der Waals surface area contributed by atoms with E-state index in [4.69, 9.17) is 0 Å².